The molecule has 1 rings (SSSR count). The van der Waals surface area contributed by atoms with Crippen LogP contribution in [0.5, 0.6) is 0 Å². The molecule has 0 saturated carbocycles. The summed E-state index contributed by atoms with van der Waals surface area (Å²) in [5.41, 5.74) is -0.0896. The summed E-state index contributed by atoms with van der Waals surface area (Å²) >= 11 is 0.809. The second kappa shape index (κ2) is 5.53. The first-order valence-electron chi connectivity index (χ1n) is 5.35. The topological polar surface area (TPSA) is 106 Å². The van der Waals surface area contributed by atoms with Crippen LogP contribution in [-0.2, 0) is 14.8 Å². The van der Waals surface area contributed by atoms with E-state index < -0.39 is 27.6 Å². The van der Waals surface area contributed by atoms with Gasteiger partial charge < -0.3 is 9.84 Å². The molecule has 0 spiro atoms. The Labute approximate surface area is 115 Å². The molecule has 1 heterocycles. The zero-order chi connectivity index (χ0) is 14.8. The number of nitrogens with zero attached hydrogens (tertiary/aromatic N) is 1. The molecule has 1 atom stereocenters. The van der Waals surface area contributed by atoms with Crippen LogP contribution in [0.2, 0.25) is 0 Å². The van der Waals surface area contributed by atoms with Crippen molar-refractivity contribution in [3.63, 3.8) is 0 Å². The van der Waals surface area contributed by atoms with Crippen LogP contribution in [0.1, 0.15) is 31.3 Å². The van der Waals surface area contributed by atoms with E-state index in [1.54, 1.807) is 0 Å². The molecule has 1 aromatic heterocycles. The second-order valence-corrected chi connectivity index (χ2v) is 7.22. The van der Waals surface area contributed by atoms with Crippen LogP contribution in [0.25, 0.3) is 0 Å². The number of hydrogen-bond donors (Lipinski definition) is 2. The van der Waals surface area contributed by atoms with E-state index in [9.17, 15) is 18.3 Å². The zero-order valence-corrected chi connectivity index (χ0v) is 12.6. The number of aromatic nitrogens is 1. The normalized spacial score (nSPS) is 14.2. The molecular weight excluding hydrogens is 292 g/mol. The van der Waals surface area contributed by atoms with Crippen LogP contribution >= 0.6 is 11.3 Å². The Hall–Kier alpha value is -1.03. The van der Waals surface area contributed by atoms with E-state index in [0.29, 0.717) is 0 Å². The van der Waals surface area contributed by atoms with Crippen molar-refractivity contribution in [2.75, 3.05) is 7.11 Å². The average molecular weight is 308 g/mol. The third kappa shape index (κ3) is 3.50. The summed E-state index contributed by atoms with van der Waals surface area (Å²) in [4.78, 5) is 15.1. The molecule has 0 aliphatic carbocycles. The summed E-state index contributed by atoms with van der Waals surface area (Å²) in [6.07, 6.45) is -0.906. The van der Waals surface area contributed by atoms with Gasteiger partial charge in [-0.3, -0.25) is 0 Å². The van der Waals surface area contributed by atoms with E-state index in [-0.39, 0.29) is 9.90 Å². The van der Waals surface area contributed by atoms with Crippen molar-refractivity contribution in [2.24, 2.45) is 0 Å². The third-order valence-electron chi connectivity index (χ3n) is 2.60. The summed E-state index contributed by atoms with van der Waals surface area (Å²) < 4.78 is 31.0. The molecule has 0 aliphatic rings. The first kappa shape index (κ1) is 16.0. The van der Waals surface area contributed by atoms with Crippen LogP contribution in [0, 0.1) is 0 Å². The Kier molecular flexibility index (Phi) is 4.67. The quantitative estimate of drug-likeness (QED) is 0.761. The Morgan fingerprint density at radius 2 is 2.16 bits per heavy atom. The zero-order valence-electron chi connectivity index (χ0n) is 11.0. The number of ether oxygens (including phenoxy) is 1. The largest absolute Gasteiger partial charge is 0.464 e. The molecule has 0 aliphatic heterocycles. The number of aliphatic hydroxyl groups excluding tert-OH is 1. The number of carbonyl (C=O) groups is 1. The maximum atomic E-state index is 12.2. The van der Waals surface area contributed by atoms with Crippen molar-refractivity contribution in [1.29, 1.82) is 0 Å². The summed E-state index contributed by atoms with van der Waals surface area (Å²) in [5, 5.41) is 9.53. The third-order valence-corrected chi connectivity index (χ3v) is 5.64. The number of hydrogen-bond acceptors (Lipinski definition) is 7. The lowest BCUT2D eigenvalue weighted by molar-refractivity contribution is 0.0590. The van der Waals surface area contributed by atoms with Crippen LogP contribution in [-0.4, -0.2) is 43.2 Å². The van der Waals surface area contributed by atoms with Gasteiger partial charge in [-0.2, -0.15) is 0 Å². The summed E-state index contributed by atoms with van der Waals surface area (Å²) in [6.45, 7) is 4.54. The van der Waals surface area contributed by atoms with Gasteiger partial charge in [-0.05, 0) is 20.8 Å². The SMILES string of the molecule is COC(=O)c1ncsc1S(=O)(=O)NC(C)(C)C(C)O. The van der Waals surface area contributed by atoms with Gasteiger partial charge in [0.05, 0.1) is 24.3 Å². The van der Waals surface area contributed by atoms with Crippen molar-refractivity contribution in [3.8, 4) is 0 Å². The lowest BCUT2D eigenvalue weighted by Crippen LogP contribution is -2.50. The molecule has 9 heteroatoms. The number of thiazole rings is 1. The van der Waals surface area contributed by atoms with Crippen molar-refractivity contribution in [3.05, 3.63) is 11.2 Å². The number of esters is 1. The van der Waals surface area contributed by atoms with E-state index in [0.717, 1.165) is 18.4 Å². The van der Waals surface area contributed by atoms with E-state index in [4.69, 9.17) is 0 Å². The first-order valence-corrected chi connectivity index (χ1v) is 7.72. The fraction of sp³-hybridized carbons (Fsp3) is 0.600. The molecule has 0 radical (unpaired) electrons. The highest BCUT2D eigenvalue weighted by Crippen LogP contribution is 2.23. The van der Waals surface area contributed by atoms with E-state index in [1.807, 2.05) is 0 Å². The lowest BCUT2D eigenvalue weighted by Gasteiger charge is -2.28. The lowest BCUT2D eigenvalue weighted by atomic mass is 10.0. The maximum absolute atomic E-state index is 12.2. The fourth-order valence-electron chi connectivity index (χ4n) is 1.14. The Morgan fingerprint density at radius 3 is 2.63 bits per heavy atom. The smallest absolute Gasteiger partial charge is 0.358 e. The molecule has 0 aromatic carbocycles. The van der Waals surface area contributed by atoms with E-state index in [1.165, 1.54) is 26.3 Å². The van der Waals surface area contributed by atoms with Crippen LogP contribution in [0.4, 0.5) is 0 Å². The molecule has 1 unspecified atom stereocenters. The number of aliphatic hydroxyl groups is 1. The van der Waals surface area contributed by atoms with Gasteiger partial charge in [0.2, 0.25) is 0 Å². The molecular formula is C10H16N2O5S2. The molecule has 19 heavy (non-hydrogen) atoms. The highest BCUT2D eigenvalue weighted by molar-refractivity contribution is 7.91. The highest BCUT2D eigenvalue weighted by Gasteiger charge is 2.34. The van der Waals surface area contributed by atoms with Gasteiger partial charge in [-0.1, -0.05) is 0 Å². The number of methoxy groups -OCH3 is 1. The van der Waals surface area contributed by atoms with E-state index in [2.05, 4.69) is 14.4 Å². The minimum Gasteiger partial charge on any atom is -0.464 e. The van der Waals surface area contributed by atoms with Gasteiger partial charge in [0.25, 0.3) is 10.0 Å². The predicted molar refractivity (Wildman–Crippen MR) is 69.5 cm³/mol. The Balaban J connectivity index is 3.16. The van der Waals surface area contributed by atoms with Gasteiger partial charge in [-0.25, -0.2) is 22.9 Å². The highest BCUT2D eigenvalue weighted by atomic mass is 32.2. The van der Waals surface area contributed by atoms with Gasteiger partial charge in [0.1, 0.15) is 0 Å². The fourth-order valence-corrected chi connectivity index (χ4v) is 3.75. The molecule has 0 saturated heterocycles. The monoisotopic (exact) mass is 308 g/mol. The molecule has 108 valence electrons. The molecule has 0 amide bonds. The van der Waals surface area contributed by atoms with Crippen LogP contribution < -0.4 is 4.72 Å². The standard InChI is InChI=1S/C10H16N2O5S2/c1-6(13)10(2,3)12-19(15,16)9-7(8(14)17-4)11-5-18-9/h5-6,12-13H,1-4H3. The van der Waals surface area contributed by atoms with Crippen LogP contribution in [0.3, 0.4) is 0 Å². The summed E-state index contributed by atoms with van der Waals surface area (Å²) in [6, 6.07) is 0. The van der Waals surface area contributed by atoms with Crippen molar-refractivity contribution >= 4 is 27.3 Å². The predicted octanol–water partition coefficient (Wildman–Crippen LogP) is 0.367. The number of sulfonamides is 1. The van der Waals surface area contributed by atoms with Crippen LogP contribution in [0.15, 0.2) is 9.72 Å². The molecule has 7 nitrogen and oxygen atoms in total. The van der Waals surface area contributed by atoms with Gasteiger partial charge in [0, 0.05) is 0 Å². The number of rotatable bonds is 5. The molecule has 0 fully saturated rings. The van der Waals surface area contributed by atoms with Crippen molar-refractivity contribution < 1.29 is 23.1 Å². The first-order chi connectivity index (χ1) is 8.62. The van der Waals surface area contributed by atoms with E-state index >= 15 is 0 Å². The number of nitrogens with one attached hydrogen (secondary N) is 1. The number of carbonyl (C=O) groups excluding carboxylic acids is 1. The van der Waals surface area contributed by atoms with Crippen molar-refractivity contribution in [1.82, 2.24) is 9.71 Å². The molecule has 2 N–H and O–H groups in total. The Morgan fingerprint density at radius 1 is 1.58 bits per heavy atom. The van der Waals surface area contributed by atoms with Crippen molar-refractivity contribution in [2.45, 2.75) is 36.6 Å². The summed E-state index contributed by atoms with van der Waals surface area (Å²) in [7, 11) is -2.82. The second-order valence-electron chi connectivity index (χ2n) is 4.48. The average Bonchev–Trinajstić information content (AvgIpc) is 2.75. The molecule has 1 aromatic rings. The van der Waals surface area contributed by atoms with Gasteiger partial charge >= 0.3 is 5.97 Å². The Bertz CT molecular complexity index is 562. The minimum atomic E-state index is -3.96. The summed E-state index contributed by atoms with van der Waals surface area (Å²) in [5.74, 6) is -0.823. The minimum absolute atomic E-state index is 0.229. The maximum Gasteiger partial charge on any atom is 0.358 e. The van der Waals surface area contributed by atoms with Gasteiger partial charge in [-0.15, -0.1) is 11.3 Å². The molecule has 0 bridgehead atoms. The van der Waals surface area contributed by atoms with Gasteiger partial charge in [0.15, 0.2) is 9.90 Å².